The normalized spacial score (nSPS) is 10.4. The van der Waals surface area contributed by atoms with E-state index in [9.17, 15) is 0 Å². The van der Waals surface area contributed by atoms with Crippen molar-refractivity contribution in [1.82, 2.24) is 0 Å². The lowest BCUT2D eigenvalue weighted by Gasteiger charge is -2.04. The summed E-state index contributed by atoms with van der Waals surface area (Å²) < 4.78 is 0. The van der Waals surface area contributed by atoms with Crippen LogP contribution in [0.5, 0.6) is 0 Å². The highest BCUT2D eigenvalue weighted by Crippen LogP contribution is 2.36. The summed E-state index contributed by atoms with van der Waals surface area (Å²) >= 11 is 0. The quantitative estimate of drug-likeness (QED) is 0.584. The van der Waals surface area contributed by atoms with Crippen molar-refractivity contribution in [3.63, 3.8) is 0 Å². The van der Waals surface area contributed by atoms with Gasteiger partial charge in [0.15, 0.2) is 0 Å². The molecule has 1 heteroatoms. The van der Waals surface area contributed by atoms with Crippen LogP contribution in [0.25, 0.3) is 22.3 Å². The highest BCUT2D eigenvalue weighted by Gasteiger charge is 2.06. The maximum absolute atomic E-state index is 2.33. The van der Waals surface area contributed by atoms with Crippen molar-refractivity contribution in [2.24, 2.45) is 0 Å². The molecule has 1 aromatic heterocycles. The van der Waals surface area contributed by atoms with Crippen LogP contribution in [0.2, 0.25) is 0 Å². The fourth-order valence-corrected chi connectivity index (χ4v) is 3.14. The predicted molar refractivity (Wildman–Crippen MR) is 76.8 cm³/mol. The Morgan fingerprint density at radius 1 is 0.529 bits per heavy atom. The molecular weight excluding hydrogens is 223 g/mol. The second-order valence-corrected chi connectivity index (χ2v) is 4.93. The van der Waals surface area contributed by atoms with Gasteiger partial charge in [0.25, 0.3) is 0 Å². The molecule has 82 valence electrons. The maximum atomic E-state index is 2.33. The van der Waals surface area contributed by atoms with Gasteiger partial charge in [0.05, 0.1) is 0 Å². The van der Waals surface area contributed by atoms with Crippen molar-refractivity contribution in [1.29, 1.82) is 0 Å². The molecule has 17 heavy (non-hydrogen) atoms. The fourth-order valence-electron chi connectivity index (χ4n) is 2.08. The molecule has 3 rings (SSSR count). The smallest absolute Gasteiger partial charge is 0.00652 e. The molecule has 3 aromatic rings. The van der Waals surface area contributed by atoms with Gasteiger partial charge in [0.2, 0.25) is 0 Å². The van der Waals surface area contributed by atoms with E-state index >= 15 is 0 Å². The van der Waals surface area contributed by atoms with Crippen molar-refractivity contribution < 1.29 is 0 Å². The minimum atomic E-state index is 0.796. The van der Waals surface area contributed by atoms with Gasteiger partial charge < -0.3 is 0 Å². The van der Waals surface area contributed by atoms with Crippen molar-refractivity contribution >= 4 is 8.19 Å². The Kier molecular flexibility index (Phi) is 2.81. The lowest BCUT2D eigenvalue weighted by molar-refractivity contribution is 1.64. The van der Waals surface area contributed by atoms with Crippen molar-refractivity contribution in [2.45, 2.75) is 0 Å². The summed E-state index contributed by atoms with van der Waals surface area (Å²) in [5, 5.41) is 0. The van der Waals surface area contributed by atoms with Crippen LogP contribution in [0.15, 0.2) is 72.3 Å². The second-order valence-electron chi connectivity index (χ2n) is 4.01. The van der Waals surface area contributed by atoms with E-state index in [1.165, 1.54) is 22.3 Å². The molecule has 0 aliphatic carbocycles. The first-order valence-corrected chi connectivity index (χ1v) is 6.88. The van der Waals surface area contributed by atoms with Crippen molar-refractivity contribution in [3.05, 3.63) is 72.3 Å². The van der Waals surface area contributed by atoms with Gasteiger partial charge >= 0.3 is 0 Å². The maximum Gasteiger partial charge on any atom is -0.00652 e. The summed E-state index contributed by atoms with van der Waals surface area (Å²) in [7, 11) is 0.796. The standard InChI is InChI=1S/C16H13P/c1-3-7-13(8-4-1)15-11-17-12-16(15)14-9-5-2-6-10-14/h1-12,17H. The molecule has 0 saturated carbocycles. The molecule has 0 saturated heterocycles. The number of benzene rings is 2. The Labute approximate surface area is 103 Å². The molecule has 0 aliphatic rings. The van der Waals surface area contributed by atoms with Gasteiger partial charge in [-0.3, -0.25) is 0 Å². The molecule has 0 atom stereocenters. The molecule has 0 amide bonds. The van der Waals surface area contributed by atoms with Crippen LogP contribution in [-0.2, 0) is 0 Å². The minimum Gasteiger partial charge on any atom is -0.139 e. The lowest BCUT2D eigenvalue weighted by atomic mass is 9.99. The molecule has 1 heterocycles. The van der Waals surface area contributed by atoms with Gasteiger partial charge in [-0.25, -0.2) is 0 Å². The van der Waals surface area contributed by atoms with E-state index in [1.54, 1.807) is 0 Å². The summed E-state index contributed by atoms with van der Waals surface area (Å²) in [6.45, 7) is 0. The topological polar surface area (TPSA) is 0 Å². The van der Waals surface area contributed by atoms with E-state index in [4.69, 9.17) is 0 Å². The first-order valence-electron chi connectivity index (χ1n) is 5.73. The number of rotatable bonds is 2. The number of hydrogen-bond donors (Lipinski definition) is 0. The second kappa shape index (κ2) is 4.61. The van der Waals surface area contributed by atoms with Crippen LogP contribution in [0.1, 0.15) is 0 Å². The predicted octanol–water partition coefficient (Wildman–Crippen LogP) is 5.05. The molecule has 0 N–H and O–H groups in total. The zero-order chi connectivity index (χ0) is 11.5. The lowest BCUT2D eigenvalue weighted by Crippen LogP contribution is -1.78. The molecule has 0 bridgehead atoms. The van der Waals surface area contributed by atoms with Gasteiger partial charge in [-0.1, -0.05) is 60.7 Å². The Balaban J connectivity index is 2.13. The molecule has 0 unspecified atom stereocenters. The summed E-state index contributed by atoms with van der Waals surface area (Å²) in [4.78, 5) is 0. The fraction of sp³-hybridized carbons (Fsp3) is 0. The van der Waals surface area contributed by atoms with Crippen molar-refractivity contribution in [2.75, 3.05) is 0 Å². The average Bonchev–Trinajstić information content (AvgIpc) is 2.90. The summed E-state index contributed by atoms with van der Waals surface area (Å²) in [6, 6.07) is 21.2. The van der Waals surface area contributed by atoms with Gasteiger partial charge in [-0.15, -0.1) is 8.19 Å². The van der Waals surface area contributed by atoms with Crippen LogP contribution in [0.3, 0.4) is 0 Å². The van der Waals surface area contributed by atoms with Crippen LogP contribution in [0.4, 0.5) is 0 Å². The Bertz CT molecular complexity index is 540. The summed E-state index contributed by atoms with van der Waals surface area (Å²) in [5.74, 6) is 4.66. The molecule has 0 radical (unpaired) electrons. The first kappa shape index (κ1) is 10.4. The third-order valence-electron chi connectivity index (χ3n) is 2.92. The van der Waals surface area contributed by atoms with Crippen LogP contribution < -0.4 is 0 Å². The van der Waals surface area contributed by atoms with E-state index in [0.29, 0.717) is 0 Å². The monoisotopic (exact) mass is 236 g/mol. The molecule has 0 aliphatic heterocycles. The highest BCUT2D eigenvalue weighted by molar-refractivity contribution is 7.29. The molecule has 0 fully saturated rings. The highest BCUT2D eigenvalue weighted by atomic mass is 31.0. The van der Waals surface area contributed by atoms with Crippen LogP contribution in [-0.4, -0.2) is 0 Å². The van der Waals surface area contributed by atoms with Gasteiger partial charge in [0, 0.05) is 0 Å². The summed E-state index contributed by atoms with van der Waals surface area (Å²) in [6.07, 6.45) is 0. The zero-order valence-electron chi connectivity index (χ0n) is 9.43. The third kappa shape index (κ3) is 2.05. The van der Waals surface area contributed by atoms with E-state index < -0.39 is 0 Å². The minimum absolute atomic E-state index is 0.796. The zero-order valence-corrected chi connectivity index (χ0v) is 10.4. The molecular formula is C16H13P. The Morgan fingerprint density at radius 2 is 0.941 bits per heavy atom. The van der Waals surface area contributed by atoms with Gasteiger partial charge in [-0.2, -0.15) is 0 Å². The molecule has 0 nitrogen and oxygen atoms in total. The van der Waals surface area contributed by atoms with E-state index in [-0.39, 0.29) is 0 Å². The first-order chi connectivity index (χ1) is 8.45. The van der Waals surface area contributed by atoms with E-state index in [0.717, 1.165) is 8.19 Å². The number of hydrogen-bond acceptors (Lipinski definition) is 0. The van der Waals surface area contributed by atoms with Crippen molar-refractivity contribution in [3.8, 4) is 22.3 Å². The van der Waals surface area contributed by atoms with Crippen LogP contribution in [0, 0.1) is 0 Å². The largest absolute Gasteiger partial charge is 0.139 e. The van der Waals surface area contributed by atoms with Crippen LogP contribution >= 0.6 is 8.19 Å². The van der Waals surface area contributed by atoms with Gasteiger partial charge in [0.1, 0.15) is 0 Å². The summed E-state index contributed by atoms with van der Waals surface area (Å²) in [5.41, 5.74) is 5.37. The third-order valence-corrected chi connectivity index (χ3v) is 3.83. The SMILES string of the molecule is c1ccc(-c2c[pH]cc2-c2ccccc2)cc1. The Hall–Kier alpha value is -1.78. The van der Waals surface area contributed by atoms with E-state index in [2.05, 4.69) is 72.3 Å². The Morgan fingerprint density at radius 3 is 1.35 bits per heavy atom. The average molecular weight is 236 g/mol. The molecule has 0 spiro atoms. The van der Waals surface area contributed by atoms with Gasteiger partial charge in [-0.05, 0) is 33.9 Å². The molecule has 2 aromatic carbocycles. The van der Waals surface area contributed by atoms with E-state index in [1.807, 2.05) is 0 Å².